The van der Waals surface area contributed by atoms with Crippen LogP contribution < -0.4 is 10.1 Å². The van der Waals surface area contributed by atoms with Crippen LogP contribution >= 0.6 is 0 Å². The summed E-state index contributed by atoms with van der Waals surface area (Å²) in [5.74, 6) is 0.501. The molecule has 0 bridgehead atoms. The normalized spacial score (nSPS) is 17.2. The van der Waals surface area contributed by atoms with Crippen LogP contribution in [0.15, 0.2) is 24.3 Å². The molecule has 25 heavy (non-hydrogen) atoms. The molecule has 2 rings (SSSR count). The van der Waals surface area contributed by atoms with E-state index >= 15 is 0 Å². The van der Waals surface area contributed by atoms with E-state index in [4.69, 9.17) is 9.47 Å². The SMILES string of the molecule is COc1ccc(CN2C[C@@H](C(=O)NCCCOC(C)C)CC2=O)cc1. The minimum absolute atomic E-state index is 0.0270. The first-order chi connectivity index (χ1) is 12.0. The van der Waals surface area contributed by atoms with E-state index in [9.17, 15) is 9.59 Å². The van der Waals surface area contributed by atoms with Crippen LogP contribution in [0.25, 0.3) is 0 Å². The third-order valence-corrected chi connectivity index (χ3v) is 4.19. The van der Waals surface area contributed by atoms with Crippen molar-refractivity contribution in [2.75, 3.05) is 26.8 Å². The quantitative estimate of drug-likeness (QED) is 0.693. The van der Waals surface area contributed by atoms with Crippen molar-refractivity contribution in [2.45, 2.75) is 39.3 Å². The number of likely N-dealkylation sites (tertiary alicyclic amines) is 1. The van der Waals surface area contributed by atoms with E-state index in [2.05, 4.69) is 5.32 Å². The van der Waals surface area contributed by atoms with Gasteiger partial charge in [0.1, 0.15) is 5.75 Å². The van der Waals surface area contributed by atoms with E-state index in [1.165, 1.54) is 0 Å². The summed E-state index contributed by atoms with van der Waals surface area (Å²) in [6, 6.07) is 7.63. The molecule has 1 atom stereocenters. The number of rotatable bonds is 9. The average molecular weight is 348 g/mol. The fourth-order valence-electron chi connectivity index (χ4n) is 2.80. The molecular formula is C19H28N2O4. The summed E-state index contributed by atoms with van der Waals surface area (Å²) in [4.78, 5) is 26.1. The highest BCUT2D eigenvalue weighted by Gasteiger charge is 2.33. The van der Waals surface area contributed by atoms with Crippen molar-refractivity contribution in [3.05, 3.63) is 29.8 Å². The number of benzene rings is 1. The summed E-state index contributed by atoms with van der Waals surface area (Å²) in [6.45, 7) is 6.17. The van der Waals surface area contributed by atoms with Gasteiger partial charge >= 0.3 is 0 Å². The lowest BCUT2D eigenvalue weighted by Gasteiger charge is -2.17. The first-order valence-electron chi connectivity index (χ1n) is 8.79. The number of nitrogens with one attached hydrogen (secondary N) is 1. The maximum Gasteiger partial charge on any atom is 0.225 e. The van der Waals surface area contributed by atoms with Gasteiger partial charge in [-0.1, -0.05) is 12.1 Å². The predicted octanol–water partition coefficient (Wildman–Crippen LogP) is 1.97. The first kappa shape index (κ1) is 19.2. The lowest BCUT2D eigenvalue weighted by molar-refractivity contribution is -0.129. The van der Waals surface area contributed by atoms with Crippen molar-refractivity contribution in [1.82, 2.24) is 10.2 Å². The van der Waals surface area contributed by atoms with Gasteiger partial charge in [-0.15, -0.1) is 0 Å². The van der Waals surface area contributed by atoms with Gasteiger partial charge in [-0.3, -0.25) is 9.59 Å². The summed E-state index contributed by atoms with van der Waals surface area (Å²) >= 11 is 0. The molecule has 2 amide bonds. The average Bonchev–Trinajstić information content (AvgIpc) is 2.95. The Labute approximate surface area is 149 Å². The molecule has 1 heterocycles. The van der Waals surface area contributed by atoms with E-state index in [0.29, 0.717) is 26.2 Å². The van der Waals surface area contributed by atoms with Gasteiger partial charge in [0.25, 0.3) is 0 Å². The Balaban J connectivity index is 1.75. The maximum atomic E-state index is 12.2. The standard InChI is InChI=1S/C19H28N2O4/c1-14(2)25-10-4-9-20-19(23)16-11-18(22)21(13-16)12-15-5-7-17(24-3)8-6-15/h5-8,14,16H,4,9-13H2,1-3H3,(H,20,23)/t16-/m0/s1. The van der Waals surface area contributed by atoms with Crippen LogP contribution in [-0.4, -0.2) is 49.6 Å². The highest BCUT2D eigenvalue weighted by molar-refractivity contribution is 5.89. The van der Waals surface area contributed by atoms with Crippen LogP contribution in [0.4, 0.5) is 0 Å². The van der Waals surface area contributed by atoms with E-state index in [1.54, 1.807) is 12.0 Å². The van der Waals surface area contributed by atoms with Gasteiger partial charge in [0, 0.05) is 32.7 Å². The molecule has 1 N–H and O–H groups in total. The van der Waals surface area contributed by atoms with Crippen LogP contribution in [0.5, 0.6) is 5.75 Å². The lowest BCUT2D eigenvalue weighted by atomic mass is 10.1. The summed E-state index contributed by atoms with van der Waals surface area (Å²) in [7, 11) is 1.62. The van der Waals surface area contributed by atoms with Gasteiger partial charge in [-0.05, 0) is 38.0 Å². The number of hydrogen-bond acceptors (Lipinski definition) is 4. The molecule has 0 aliphatic carbocycles. The topological polar surface area (TPSA) is 67.9 Å². The second-order valence-corrected chi connectivity index (χ2v) is 6.59. The van der Waals surface area contributed by atoms with Crippen molar-refractivity contribution in [3.63, 3.8) is 0 Å². The van der Waals surface area contributed by atoms with Gasteiger partial charge in [0.15, 0.2) is 0 Å². The summed E-state index contributed by atoms with van der Waals surface area (Å²) < 4.78 is 10.6. The first-order valence-corrected chi connectivity index (χ1v) is 8.79. The molecule has 0 spiro atoms. The molecule has 1 aromatic carbocycles. The van der Waals surface area contributed by atoms with Gasteiger partial charge in [-0.25, -0.2) is 0 Å². The largest absolute Gasteiger partial charge is 0.497 e. The number of nitrogens with zero attached hydrogens (tertiary/aromatic N) is 1. The third kappa shape index (κ3) is 6.05. The number of carbonyl (C=O) groups excluding carboxylic acids is 2. The molecule has 1 saturated heterocycles. The van der Waals surface area contributed by atoms with Crippen molar-refractivity contribution in [1.29, 1.82) is 0 Å². The van der Waals surface area contributed by atoms with Crippen LogP contribution in [-0.2, 0) is 20.9 Å². The van der Waals surface area contributed by atoms with E-state index in [0.717, 1.165) is 17.7 Å². The molecule has 0 radical (unpaired) electrons. The zero-order valence-electron chi connectivity index (χ0n) is 15.3. The van der Waals surface area contributed by atoms with Gasteiger partial charge in [-0.2, -0.15) is 0 Å². The lowest BCUT2D eigenvalue weighted by Crippen LogP contribution is -2.33. The Morgan fingerprint density at radius 1 is 1.32 bits per heavy atom. The van der Waals surface area contributed by atoms with E-state index in [-0.39, 0.29) is 30.3 Å². The molecule has 1 aliphatic rings. The zero-order chi connectivity index (χ0) is 18.2. The van der Waals surface area contributed by atoms with E-state index in [1.807, 2.05) is 38.1 Å². The highest BCUT2D eigenvalue weighted by Crippen LogP contribution is 2.21. The van der Waals surface area contributed by atoms with Gasteiger partial charge in [0.2, 0.25) is 11.8 Å². The molecule has 0 saturated carbocycles. The molecule has 138 valence electrons. The Bertz CT molecular complexity index is 571. The minimum atomic E-state index is -0.267. The minimum Gasteiger partial charge on any atom is -0.497 e. The van der Waals surface area contributed by atoms with Crippen molar-refractivity contribution in [2.24, 2.45) is 5.92 Å². The predicted molar refractivity (Wildman–Crippen MR) is 95.2 cm³/mol. The number of ether oxygens (including phenoxy) is 2. The fraction of sp³-hybridized carbons (Fsp3) is 0.579. The molecule has 1 aromatic rings. The Morgan fingerprint density at radius 3 is 2.68 bits per heavy atom. The number of methoxy groups -OCH3 is 1. The number of hydrogen-bond donors (Lipinski definition) is 1. The second kappa shape index (κ2) is 9.42. The monoisotopic (exact) mass is 348 g/mol. The Morgan fingerprint density at radius 2 is 2.04 bits per heavy atom. The maximum absolute atomic E-state index is 12.2. The second-order valence-electron chi connectivity index (χ2n) is 6.59. The highest BCUT2D eigenvalue weighted by atomic mass is 16.5. The molecular weight excluding hydrogens is 320 g/mol. The van der Waals surface area contributed by atoms with Crippen LogP contribution in [0.1, 0.15) is 32.3 Å². The zero-order valence-corrected chi connectivity index (χ0v) is 15.3. The third-order valence-electron chi connectivity index (χ3n) is 4.19. The van der Waals surface area contributed by atoms with Gasteiger partial charge in [0.05, 0.1) is 19.1 Å². The molecule has 0 aromatic heterocycles. The van der Waals surface area contributed by atoms with Crippen LogP contribution in [0.3, 0.4) is 0 Å². The fourth-order valence-corrected chi connectivity index (χ4v) is 2.80. The Kier molecular flexibility index (Phi) is 7.25. The smallest absolute Gasteiger partial charge is 0.225 e. The summed E-state index contributed by atoms with van der Waals surface area (Å²) in [5.41, 5.74) is 1.03. The Hall–Kier alpha value is -2.08. The van der Waals surface area contributed by atoms with Crippen molar-refractivity contribution >= 4 is 11.8 Å². The van der Waals surface area contributed by atoms with E-state index < -0.39 is 0 Å². The van der Waals surface area contributed by atoms with Crippen LogP contribution in [0.2, 0.25) is 0 Å². The molecule has 6 nitrogen and oxygen atoms in total. The van der Waals surface area contributed by atoms with Gasteiger partial charge < -0.3 is 19.7 Å². The van der Waals surface area contributed by atoms with Crippen LogP contribution in [0, 0.1) is 5.92 Å². The molecule has 1 fully saturated rings. The summed E-state index contributed by atoms with van der Waals surface area (Å²) in [5, 5.41) is 2.90. The van der Waals surface area contributed by atoms with Crippen molar-refractivity contribution in [3.8, 4) is 5.75 Å². The molecule has 6 heteroatoms. The molecule has 1 aliphatic heterocycles. The number of carbonyl (C=O) groups is 2. The molecule has 0 unspecified atom stereocenters. The van der Waals surface area contributed by atoms with Crippen molar-refractivity contribution < 1.29 is 19.1 Å². The number of amides is 2. The summed E-state index contributed by atoms with van der Waals surface area (Å²) in [6.07, 6.45) is 1.26.